The number of Topliss-reactive ketones (excluding diaryl/α,β-unsaturated/α-hetero) is 1. The predicted molar refractivity (Wildman–Crippen MR) is 92.0 cm³/mol. The molecule has 0 aliphatic carbocycles. The maximum absolute atomic E-state index is 12.7. The number of carbonyl (C=O) groups excluding carboxylic acids is 1. The van der Waals surface area contributed by atoms with Crippen LogP contribution in [0.5, 0.6) is 5.75 Å². The van der Waals surface area contributed by atoms with E-state index in [1.54, 1.807) is 0 Å². The average molecular weight is 309 g/mol. The van der Waals surface area contributed by atoms with E-state index in [1.165, 1.54) is 5.56 Å². The zero-order chi connectivity index (χ0) is 16.1. The number of ketones is 1. The third-order valence-corrected chi connectivity index (χ3v) is 4.40. The first kappa shape index (κ1) is 15.8. The molecule has 2 aromatic rings. The summed E-state index contributed by atoms with van der Waals surface area (Å²) in [7, 11) is 2.09. The molecule has 0 saturated heterocycles. The summed E-state index contributed by atoms with van der Waals surface area (Å²) in [5.74, 6) is 0.955. The standard InChI is InChI=1S/C20H23NO2/c1-21(13-11-16-7-3-2-4-8-16)15-17-12-14-23-19-10-6-5-9-18(19)20(17)22/h2-10,17H,11-15H2,1H3/t17-/m0/s1. The van der Waals surface area contributed by atoms with Crippen molar-refractivity contribution in [1.82, 2.24) is 4.90 Å². The number of hydrogen-bond acceptors (Lipinski definition) is 3. The lowest BCUT2D eigenvalue weighted by Gasteiger charge is -2.22. The van der Waals surface area contributed by atoms with Crippen LogP contribution in [0.1, 0.15) is 22.3 Å². The van der Waals surface area contributed by atoms with Gasteiger partial charge in [-0.1, -0.05) is 42.5 Å². The fourth-order valence-electron chi connectivity index (χ4n) is 3.06. The van der Waals surface area contributed by atoms with Gasteiger partial charge in [-0.15, -0.1) is 0 Å². The molecule has 0 amide bonds. The molecule has 1 aliphatic rings. The van der Waals surface area contributed by atoms with Crippen LogP contribution in [-0.2, 0) is 6.42 Å². The third kappa shape index (κ3) is 3.99. The van der Waals surface area contributed by atoms with Gasteiger partial charge in [-0.05, 0) is 37.6 Å². The number of para-hydroxylation sites is 1. The van der Waals surface area contributed by atoms with Crippen LogP contribution >= 0.6 is 0 Å². The minimum Gasteiger partial charge on any atom is -0.493 e. The van der Waals surface area contributed by atoms with Crippen LogP contribution in [0.25, 0.3) is 0 Å². The van der Waals surface area contributed by atoms with Gasteiger partial charge in [-0.3, -0.25) is 4.79 Å². The quantitative estimate of drug-likeness (QED) is 0.847. The van der Waals surface area contributed by atoms with Crippen LogP contribution in [0, 0.1) is 5.92 Å². The SMILES string of the molecule is CN(CCc1ccccc1)C[C@@H]1CCOc2ccccc2C1=O. The summed E-state index contributed by atoms with van der Waals surface area (Å²) in [6, 6.07) is 18.0. The maximum atomic E-state index is 12.7. The highest BCUT2D eigenvalue weighted by atomic mass is 16.5. The minimum atomic E-state index is 0.0134. The number of benzene rings is 2. The third-order valence-electron chi connectivity index (χ3n) is 4.40. The van der Waals surface area contributed by atoms with Gasteiger partial charge >= 0.3 is 0 Å². The predicted octanol–water partition coefficient (Wildman–Crippen LogP) is 3.44. The molecule has 3 heteroatoms. The van der Waals surface area contributed by atoms with Crippen molar-refractivity contribution < 1.29 is 9.53 Å². The molecule has 0 N–H and O–H groups in total. The molecule has 0 saturated carbocycles. The van der Waals surface area contributed by atoms with Crippen molar-refractivity contribution >= 4 is 5.78 Å². The monoisotopic (exact) mass is 309 g/mol. The highest BCUT2D eigenvalue weighted by Crippen LogP contribution is 2.27. The Morgan fingerprint density at radius 3 is 2.65 bits per heavy atom. The number of likely N-dealkylation sites (N-methyl/N-ethyl adjacent to an activating group) is 1. The van der Waals surface area contributed by atoms with Crippen LogP contribution in [0.4, 0.5) is 0 Å². The zero-order valence-electron chi connectivity index (χ0n) is 13.6. The molecular formula is C20H23NO2. The molecule has 1 atom stereocenters. The van der Waals surface area contributed by atoms with E-state index in [1.807, 2.05) is 30.3 Å². The summed E-state index contributed by atoms with van der Waals surface area (Å²) in [5.41, 5.74) is 2.06. The minimum absolute atomic E-state index is 0.0134. The van der Waals surface area contributed by atoms with Crippen LogP contribution in [-0.4, -0.2) is 37.4 Å². The lowest BCUT2D eigenvalue weighted by Crippen LogP contribution is -2.32. The highest BCUT2D eigenvalue weighted by molar-refractivity contribution is 6.00. The van der Waals surface area contributed by atoms with Gasteiger partial charge in [0.05, 0.1) is 12.2 Å². The van der Waals surface area contributed by atoms with Crippen molar-refractivity contribution in [2.45, 2.75) is 12.8 Å². The van der Waals surface area contributed by atoms with Gasteiger partial charge in [0.15, 0.2) is 5.78 Å². The largest absolute Gasteiger partial charge is 0.493 e. The Kier molecular flexibility index (Phi) is 5.09. The number of hydrogen-bond donors (Lipinski definition) is 0. The molecule has 2 aromatic carbocycles. The van der Waals surface area contributed by atoms with Crippen LogP contribution < -0.4 is 4.74 Å². The molecule has 0 unspecified atom stereocenters. The molecule has 3 nitrogen and oxygen atoms in total. The summed E-state index contributed by atoms with van der Waals surface area (Å²) in [6.07, 6.45) is 1.79. The Morgan fingerprint density at radius 1 is 1.09 bits per heavy atom. The summed E-state index contributed by atoms with van der Waals surface area (Å²) >= 11 is 0. The van der Waals surface area contributed by atoms with Crippen LogP contribution in [0.2, 0.25) is 0 Å². The van der Waals surface area contributed by atoms with Gasteiger partial charge < -0.3 is 9.64 Å². The molecule has 0 fully saturated rings. The summed E-state index contributed by atoms with van der Waals surface area (Å²) in [4.78, 5) is 15.0. The second-order valence-electron chi connectivity index (χ2n) is 6.19. The van der Waals surface area contributed by atoms with Crippen molar-refractivity contribution in [2.75, 3.05) is 26.7 Å². The molecule has 0 radical (unpaired) electrons. The van der Waals surface area contributed by atoms with Crippen molar-refractivity contribution in [3.05, 3.63) is 65.7 Å². The van der Waals surface area contributed by atoms with Crippen LogP contribution in [0.3, 0.4) is 0 Å². The Morgan fingerprint density at radius 2 is 1.83 bits per heavy atom. The topological polar surface area (TPSA) is 29.5 Å². The number of ether oxygens (including phenoxy) is 1. The van der Waals surface area contributed by atoms with Gasteiger partial charge in [0.2, 0.25) is 0 Å². The summed E-state index contributed by atoms with van der Waals surface area (Å²) < 4.78 is 5.72. The number of carbonyl (C=O) groups is 1. The molecule has 0 aromatic heterocycles. The molecule has 1 aliphatic heterocycles. The van der Waals surface area contributed by atoms with Crippen molar-refractivity contribution in [2.24, 2.45) is 5.92 Å². The van der Waals surface area contributed by atoms with E-state index in [0.29, 0.717) is 6.61 Å². The first-order valence-electron chi connectivity index (χ1n) is 8.22. The van der Waals surface area contributed by atoms with E-state index < -0.39 is 0 Å². The van der Waals surface area contributed by atoms with E-state index in [4.69, 9.17) is 4.74 Å². The molecular weight excluding hydrogens is 286 g/mol. The zero-order valence-corrected chi connectivity index (χ0v) is 13.6. The molecule has 1 heterocycles. The van der Waals surface area contributed by atoms with Gasteiger partial charge in [0.1, 0.15) is 5.75 Å². The molecule has 0 bridgehead atoms. The van der Waals surface area contributed by atoms with E-state index in [-0.39, 0.29) is 11.7 Å². The summed E-state index contributed by atoms with van der Waals surface area (Å²) in [5, 5.41) is 0. The van der Waals surface area contributed by atoms with Gasteiger partial charge in [-0.2, -0.15) is 0 Å². The fraction of sp³-hybridized carbons (Fsp3) is 0.350. The Balaban J connectivity index is 1.60. The number of rotatable bonds is 5. The van der Waals surface area contributed by atoms with Gasteiger partial charge in [0.25, 0.3) is 0 Å². The molecule has 0 spiro atoms. The average Bonchev–Trinajstić information content (AvgIpc) is 2.74. The first-order valence-corrected chi connectivity index (χ1v) is 8.22. The highest BCUT2D eigenvalue weighted by Gasteiger charge is 2.27. The van der Waals surface area contributed by atoms with Crippen molar-refractivity contribution in [3.63, 3.8) is 0 Å². The smallest absolute Gasteiger partial charge is 0.171 e. The molecule has 23 heavy (non-hydrogen) atoms. The number of nitrogens with zero attached hydrogens (tertiary/aromatic N) is 1. The Bertz CT molecular complexity index is 654. The van der Waals surface area contributed by atoms with E-state index >= 15 is 0 Å². The van der Waals surface area contributed by atoms with Crippen LogP contribution in [0.15, 0.2) is 54.6 Å². The van der Waals surface area contributed by atoms with E-state index in [2.05, 4.69) is 36.2 Å². The van der Waals surface area contributed by atoms with Gasteiger partial charge in [-0.25, -0.2) is 0 Å². The fourth-order valence-corrected chi connectivity index (χ4v) is 3.06. The Labute approximate surface area is 137 Å². The first-order chi connectivity index (χ1) is 11.2. The summed E-state index contributed by atoms with van der Waals surface area (Å²) in [6.45, 7) is 2.35. The lowest BCUT2D eigenvalue weighted by molar-refractivity contribution is 0.0884. The Hall–Kier alpha value is -2.13. The lowest BCUT2D eigenvalue weighted by atomic mass is 9.94. The number of fused-ring (bicyclic) bond motifs is 1. The second-order valence-corrected chi connectivity index (χ2v) is 6.19. The second kappa shape index (κ2) is 7.42. The molecule has 3 rings (SSSR count). The normalized spacial score (nSPS) is 17.5. The van der Waals surface area contributed by atoms with E-state index in [0.717, 1.165) is 37.2 Å². The van der Waals surface area contributed by atoms with Crippen molar-refractivity contribution in [1.29, 1.82) is 0 Å². The molecule has 120 valence electrons. The van der Waals surface area contributed by atoms with Crippen molar-refractivity contribution in [3.8, 4) is 5.75 Å². The van der Waals surface area contributed by atoms with E-state index in [9.17, 15) is 4.79 Å². The maximum Gasteiger partial charge on any atom is 0.171 e. The van der Waals surface area contributed by atoms with Gasteiger partial charge in [0, 0.05) is 19.0 Å².